The van der Waals surface area contributed by atoms with Crippen molar-refractivity contribution in [1.29, 1.82) is 0 Å². The van der Waals surface area contributed by atoms with Crippen LogP contribution >= 0.6 is 11.6 Å². The number of hydrogen-bond acceptors (Lipinski definition) is 0. The highest BCUT2D eigenvalue weighted by atomic mass is 35.5. The lowest BCUT2D eigenvalue weighted by Gasteiger charge is -1.94. The summed E-state index contributed by atoms with van der Waals surface area (Å²) >= 11 is 5.75. The lowest BCUT2D eigenvalue weighted by molar-refractivity contribution is 1.28. The maximum Gasteiger partial charge on any atom is 0.0408 e. The van der Waals surface area contributed by atoms with Gasteiger partial charge >= 0.3 is 0 Å². The van der Waals surface area contributed by atoms with Crippen molar-refractivity contribution >= 4 is 11.6 Å². The zero-order valence-corrected chi connectivity index (χ0v) is 6.43. The van der Waals surface area contributed by atoms with Gasteiger partial charge in [0.2, 0.25) is 0 Å². The molecule has 0 spiro atoms. The van der Waals surface area contributed by atoms with E-state index in [4.69, 9.17) is 11.6 Å². The molecule has 0 saturated carbocycles. The Morgan fingerprint density at radius 2 is 2.30 bits per heavy atom. The first kappa shape index (κ1) is 7.36. The van der Waals surface area contributed by atoms with Gasteiger partial charge in [0.05, 0.1) is 0 Å². The van der Waals surface area contributed by atoms with E-state index in [1.165, 1.54) is 5.56 Å². The molecule has 10 heavy (non-hydrogen) atoms. The molecule has 1 aromatic carbocycles. The molecule has 0 N–H and O–H groups in total. The van der Waals surface area contributed by atoms with Crippen LogP contribution in [0.15, 0.2) is 36.9 Å². The third-order valence-electron chi connectivity index (χ3n) is 1.27. The predicted molar refractivity (Wildman–Crippen MR) is 45.4 cm³/mol. The van der Waals surface area contributed by atoms with Crippen LogP contribution in [0.3, 0.4) is 0 Å². The number of halogens is 1. The molecule has 0 bridgehead atoms. The van der Waals surface area contributed by atoms with E-state index in [1.807, 2.05) is 30.3 Å². The summed E-state index contributed by atoms with van der Waals surface area (Å²) in [7, 11) is 0. The van der Waals surface area contributed by atoms with Gasteiger partial charge < -0.3 is 0 Å². The predicted octanol–water partition coefficient (Wildman–Crippen LogP) is 3.07. The summed E-state index contributed by atoms with van der Waals surface area (Å²) in [5.41, 5.74) is 1.21. The van der Waals surface area contributed by atoms with Crippen LogP contribution in [0.25, 0.3) is 0 Å². The van der Waals surface area contributed by atoms with Gasteiger partial charge in [0.25, 0.3) is 0 Å². The van der Waals surface area contributed by atoms with Gasteiger partial charge in [-0.2, -0.15) is 0 Å². The van der Waals surface area contributed by atoms with Crippen LogP contribution in [0, 0.1) is 0 Å². The van der Waals surface area contributed by atoms with Crippen molar-refractivity contribution < 1.29 is 0 Å². The summed E-state index contributed by atoms with van der Waals surface area (Å²) in [6.45, 7) is 3.64. The van der Waals surface area contributed by atoms with Crippen LogP contribution in [0.5, 0.6) is 0 Å². The molecule has 0 unspecified atom stereocenters. The minimum Gasteiger partial charge on any atom is -0.103 e. The van der Waals surface area contributed by atoms with Gasteiger partial charge in [-0.15, -0.1) is 6.58 Å². The lowest BCUT2D eigenvalue weighted by Crippen LogP contribution is -1.77. The third kappa shape index (κ3) is 1.89. The van der Waals surface area contributed by atoms with E-state index in [9.17, 15) is 0 Å². The van der Waals surface area contributed by atoms with Crippen molar-refractivity contribution in [2.75, 3.05) is 0 Å². The normalized spacial score (nSPS) is 9.30. The molecular formula is C9H9Cl. The first-order valence-electron chi connectivity index (χ1n) is 3.18. The minimum absolute atomic E-state index is 0.791. The van der Waals surface area contributed by atoms with Crippen LogP contribution in [-0.4, -0.2) is 0 Å². The van der Waals surface area contributed by atoms with Crippen molar-refractivity contribution in [2.45, 2.75) is 6.42 Å². The molecule has 0 aliphatic carbocycles. The van der Waals surface area contributed by atoms with Gasteiger partial charge in [-0.3, -0.25) is 0 Å². The van der Waals surface area contributed by atoms with Gasteiger partial charge in [-0.1, -0.05) is 29.8 Å². The first-order valence-corrected chi connectivity index (χ1v) is 3.56. The Morgan fingerprint density at radius 1 is 1.50 bits per heavy atom. The van der Waals surface area contributed by atoms with Crippen molar-refractivity contribution in [3.63, 3.8) is 0 Å². The highest BCUT2D eigenvalue weighted by Gasteiger charge is 1.88. The van der Waals surface area contributed by atoms with E-state index in [2.05, 4.69) is 6.58 Å². The Balaban J connectivity index is 2.84. The van der Waals surface area contributed by atoms with Crippen molar-refractivity contribution in [3.05, 3.63) is 47.5 Å². The highest BCUT2D eigenvalue weighted by molar-refractivity contribution is 6.30. The van der Waals surface area contributed by atoms with Gasteiger partial charge in [-0.25, -0.2) is 0 Å². The third-order valence-corrected chi connectivity index (χ3v) is 1.50. The second-order valence-corrected chi connectivity index (χ2v) is 2.56. The Hall–Kier alpha value is -0.750. The summed E-state index contributed by atoms with van der Waals surface area (Å²) < 4.78 is 0. The molecule has 0 saturated heterocycles. The topological polar surface area (TPSA) is 0 Å². The maximum atomic E-state index is 5.75. The number of allylic oxidation sites excluding steroid dienone is 1. The first-order chi connectivity index (χ1) is 4.83. The van der Waals surface area contributed by atoms with E-state index < -0.39 is 0 Å². The van der Waals surface area contributed by atoms with E-state index in [1.54, 1.807) is 0 Å². The molecular weight excluding hydrogens is 144 g/mol. The van der Waals surface area contributed by atoms with Gasteiger partial charge in [-0.05, 0) is 24.1 Å². The quantitative estimate of drug-likeness (QED) is 0.572. The van der Waals surface area contributed by atoms with Crippen LogP contribution in [0.2, 0.25) is 5.02 Å². The second kappa shape index (κ2) is 3.43. The molecule has 0 amide bonds. The molecule has 0 aliphatic heterocycles. The van der Waals surface area contributed by atoms with Crippen LogP contribution in [-0.2, 0) is 6.42 Å². The molecule has 0 nitrogen and oxygen atoms in total. The number of benzene rings is 1. The lowest BCUT2D eigenvalue weighted by atomic mass is 10.2. The zero-order chi connectivity index (χ0) is 7.40. The molecule has 0 aliphatic rings. The summed E-state index contributed by atoms with van der Waals surface area (Å²) in [5.74, 6) is 0. The Labute approximate surface area is 66.1 Å². The number of rotatable bonds is 2. The SMILES string of the molecule is C=CCc1cccc(Cl)c1. The van der Waals surface area contributed by atoms with Crippen LogP contribution in [0.1, 0.15) is 5.56 Å². The fraction of sp³-hybridized carbons (Fsp3) is 0.111. The van der Waals surface area contributed by atoms with E-state index in [-0.39, 0.29) is 0 Å². The monoisotopic (exact) mass is 152 g/mol. The number of hydrogen-bond donors (Lipinski definition) is 0. The average Bonchev–Trinajstić information content (AvgIpc) is 1.88. The summed E-state index contributed by atoms with van der Waals surface area (Å²) in [4.78, 5) is 0. The summed E-state index contributed by atoms with van der Waals surface area (Å²) in [5, 5.41) is 0.791. The van der Waals surface area contributed by atoms with E-state index in [0.29, 0.717) is 0 Å². The Kier molecular flexibility index (Phi) is 2.52. The summed E-state index contributed by atoms with van der Waals surface area (Å²) in [6, 6.07) is 7.80. The second-order valence-electron chi connectivity index (χ2n) is 2.12. The fourth-order valence-corrected chi connectivity index (χ4v) is 1.04. The maximum absolute atomic E-state index is 5.75. The molecule has 52 valence electrons. The molecule has 0 atom stereocenters. The van der Waals surface area contributed by atoms with Gasteiger partial charge in [0.1, 0.15) is 0 Å². The largest absolute Gasteiger partial charge is 0.103 e. The molecule has 0 radical (unpaired) electrons. The average molecular weight is 153 g/mol. The van der Waals surface area contributed by atoms with Gasteiger partial charge in [0.15, 0.2) is 0 Å². The Bertz CT molecular complexity index is 228. The van der Waals surface area contributed by atoms with Crippen molar-refractivity contribution in [2.24, 2.45) is 0 Å². The zero-order valence-electron chi connectivity index (χ0n) is 5.68. The fourth-order valence-electron chi connectivity index (χ4n) is 0.831. The van der Waals surface area contributed by atoms with Crippen LogP contribution in [0.4, 0.5) is 0 Å². The van der Waals surface area contributed by atoms with E-state index >= 15 is 0 Å². The van der Waals surface area contributed by atoms with Crippen LogP contribution < -0.4 is 0 Å². The molecule has 0 fully saturated rings. The molecule has 1 heteroatoms. The Morgan fingerprint density at radius 3 is 2.90 bits per heavy atom. The molecule has 1 aromatic rings. The van der Waals surface area contributed by atoms with Crippen molar-refractivity contribution in [1.82, 2.24) is 0 Å². The smallest absolute Gasteiger partial charge is 0.0408 e. The summed E-state index contributed by atoms with van der Waals surface area (Å²) in [6.07, 6.45) is 2.76. The van der Waals surface area contributed by atoms with Gasteiger partial charge in [0, 0.05) is 5.02 Å². The molecule has 0 aromatic heterocycles. The molecule has 1 rings (SSSR count). The van der Waals surface area contributed by atoms with Crippen molar-refractivity contribution in [3.8, 4) is 0 Å². The van der Waals surface area contributed by atoms with E-state index in [0.717, 1.165) is 11.4 Å². The standard InChI is InChI=1S/C9H9Cl/c1-2-4-8-5-3-6-9(10)7-8/h2-3,5-7H,1,4H2. The highest BCUT2D eigenvalue weighted by Crippen LogP contribution is 2.10. The molecule has 0 heterocycles. The minimum atomic E-state index is 0.791.